The molecule has 100 valence electrons. The minimum absolute atomic E-state index is 0.531. The van der Waals surface area contributed by atoms with E-state index in [1.807, 2.05) is 12.1 Å². The Morgan fingerprint density at radius 3 is 2.06 bits per heavy atom. The lowest BCUT2D eigenvalue weighted by molar-refractivity contribution is -0.936. The van der Waals surface area contributed by atoms with Crippen LogP contribution in [0.5, 0.6) is 0 Å². The highest BCUT2D eigenvalue weighted by Gasteiger charge is 2.22. The van der Waals surface area contributed by atoms with E-state index < -0.39 is 7.12 Å². The molecule has 1 aromatic rings. The van der Waals surface area contributed by atoms with E-state index in [1.165, 1.54) is 5.56 Å². The zero-order chi connectivity index (χ0) is 13.6. The molecule has 4 nitrogen and oxygen atoms in total. The van der Waals surface area contributed by atoms with Gasteiger partial charge >= 0.3 is 7.12 Å². The average molecular weight is 251 g/mol. The van der Waals surface area contributed by atoms with Crippen molar-refractivity contribution >= 4 is 12.6 Å². The zero-order valence-corrected chi connectivity index (χ0v) is 11.3. The largest absolute Gasteiger partial charge is 0.488 e. The minimum Gasteiger partial charge on any atom is -0.423 e. The number of rotatable bonds is 7. The first-order valence-corrected chi connectivity index (χ1v) is 6.57. The number of likely N-dealkylation sites (N-methyl/N-ethyl adjacent to an activating group) is 1. The third kappa shape index (κ3) is 3.81. The van der Waals surface area contributed by atoms with E-state index in [-0.39, 0.29) is 0 Å². The third-order valence-corrected chi connectivity index (χ3v) is 3.74. The van der Waals surface area contributed by atoms with Crippen molar-refractivity contribution in [1.82, 2.24) is 0 Å². The Morgan fingerprint density at radius 1 is 1.11 bits per heavy atom. The summed E-state index contributed by atoms with van der Waals surface area (Å²) in [5, 5.41) is 18.1. The van der Waals surface area contributed by atoms with Crippen LogP contribution >= 0.6 is 0 Å². The van der Waals surface area contributed by atoms with Gasteiger partial charge in [-0.2, -0.15) is 0 Å². The van der Waals surface area contributed by atoms with Crippen LogP contribution in [0.15, 0.2) is 24.3 Å². The van der Waals surface area contributed by atoms with Crippen molar-refractivity contribution in [3.63, 3.8) is 0 Å². The van der Waals surface area contributed by atoms with Gasteiger partial charge in [0.15, 0.2) is 0 Å². The van der Waals surface area contributed by atoms with Crippen molar-refractivity contribution in [2.45, 2.75) is 20.4 Å². The summed E-state index contributed by atoms with van der Waals surface area (Å²) < 4.78 is 0.970. The van der Waals surface area contributed by atoms with Gasteiger partial charge in [0.25, 0.3) is 0 Å². The molecule has 1 aromatic carbocycles. The van der Waals surface area contributed by atoms with Crippen LogP contribution in [0.4, 0.5) is 0 Å². The standard InChI is InChI=1S/C13H24BN2O2/c1-3-16(4-2,10-9-15)11-12-5-7-13(8-6-12)14(17)18/h5-8,17-18H,3-4,9-11,15H2,1-2H3/q+1. The lowest BCUT2D eigenvalue weighted by atomic mass is 9.80. The first-order chi connectivity index (χ1) is 8.56. The van der Waals surface area contributed by atoms with Crippen molar-refractivity contribution in [2.75, 3.05) is 26.2 Å². The monoisotopic (exact) mass is 251 g/mol. The van der Waals surface area contributed by atoms with Gasteiger partial charge in [0.05, 0.1) is 19.6 Å². The molecule has 0 radical (unpaired) electrons. The van der Waals surface area contributed by atoms with Crippen LogP contribution in [0.25, 0.3) is 0 Å². The van der Waals surface area contributed by atoms with Gasteiger partial charge in [-0.05, 0) is 19.3 Å². The van der Waals surface area contributed by atoms with Crippen molar-refractivity contribution in [1.29, 1.82) is 0 Å². The van der Waals surface area contributed by atoms with Gasteiger partial charge in [-0.1, -0.05) is 24.3 Å². The second kappa shape index (κ2) is 6.90. The summed E-state index contributed by atoms with van der Waals surface area (Å²) in [6.07, 6.45) is 0. The van der Waals surface area contributed by atoms with Crippen LogP contribution < -0.4 is 11.2 Å². The number of hydrogen-bond donors (Lipinski definition) is 3. The molecule has 18 heavy (non-hydrogen) atoms. The third-order valence-electron chi connectivity index (χ3n) is 3.74. The molecule has 0 saturated heterocycles. The summed E-state index contributed by atoms with van der Waals surface area (Å²) >= 11 is 0. The predicted octanol–water partition coefficient (Wildman–Crippen LogP) is -0.318. The molecule has 0 aliphatic carbocycles. The van der Waals surface area contributed by atoms with Crippen LogP contribution in [0.2, 0.25) is 0 Å². The number of benzene rings is 1. The highest BCUT2D eigenvalue weighted by Crippen LogP contribution is 2.13. The second-order valence-corrected chi connectivity index (χ2v) is 4.76. The van der Waals surface area contributed by atoms with Crippen LogP contribution in [0.1, 0.15) is 19.4 Å². The molecular weight excluding hydrogens is 227 g/mol. The fraction of sp³-hybridized carbons (Fsp3) is 0.538. The Kier molecular flexibility index (Phi) is 5.82. The Bertz CT molecular complexity index is 351. The van der Waals surface area contributed by atoms with Gasteiger partial charge in [-0.25, -0.2) is 0 Å². The van der Waals surface area contributed by atoms with Crippen LogP contribution in [-0.2, 0) is 6.54 Å². The van der Waals surface area contributed by atoms with E-state index in [0.29, 0.717) is 12.0 Å². The molecule has 0 aliphatic rings. The first-order valence-electron chi connectivity index (χ1n) is 6.57. The fourth-order valence-corrected chi connectivity index (χ4v) is 2.30. The topological polar surface area (TPSA) is 66.5 Å². The second-order valence-electron chi connectivity index (χ2n) is 4.76. The normalized spacial score (nSPS) is 11.6. The molecule has 4 N–H and O–H groups in total. The minimum atomic E-state index is -1.39. The molecule has 0 fully saturated rings. The number of quaternary nitrogens is 1. The molecule has 0 aromatic heterocycles. The molecule has 1 rings (SSSR count). The average Bonchev–Trinajstić information content (AvgIpc) is 2.38. The summed E-state index contributed by atoms with van der Waals surface area (Å²) in [6, 6.07) is 7.46. The zero-order valence-electron chi connectivity index (χ0n) is 11.3. The Balaban J connectivity index is 2.81. The molecule has 0 amide bonds. The first kappa shape index (κ1) is 15.2. The van der Waals surface area contributed by atoms with Gasteiger partial charge < -0.3 is 20.3 Å². The summed E-state index contributed by atoms with van der Waals surface area (Å²) in [4.78, 5) is 0. The Hall–Kier alpha value is -0.875. The van der Waals surface area contributed by atoms with Gasteiger partial charge in [-0.15, -0.1) is 0 Å². The molecular formula is C13H24BN2O2+. The van der Waals surface area contributed by atoms with Crippen molar-refractivity contribution < 1.29 is 14.5 Å². The molecule has 0 unspecified atom stereocenters. The van der Waals surface area contributed by atoms with Gasteiger partial charge in [0.2, 0.25) is 0 Å². The highest BCUT2D eigenvalue weighted by atomic mass is 16.4. The van der Waals surface area contributed by atoms with E-state index in [9.17, 15) is 0 Å². The maximum Gasteiger partial charge on any atom is 0.488 e. The smallest absolute Gasteiger partial charge is 0.423 e. The quantitative estimate of drug-likeness (QED) is 0.459. The summed E-state index contributed by atoms with van der Waals surface area (Å²) in [5.41, 5.74) is 7.44. The van der Waals surface area contributed by atoms with Crippen LogP contribution in [-0.4, -0.2) is 47.8 Å². The van der Waals surface area contributed by atoms with Gasteiger partial charge in [0, 0.05) is 12.1 Å². The van der Waals surface area contributed by atoms with E-state index in [1.54, 1.807) is 12.1 Å². The van der Waals surface area contributed by atoms with Crippen LogP contribution in [0.3, 0.4) is 0 Å². The summed E-state index contributed by atoms with van der Waals surface area (Å²) in [5.74, 6) is 0. The maximum absolute atomic E-state index is 9.06. The van der Waals surface area contributed by atoms with Crippen molar-refractivity contribution in [3.8, 4) is 0 Å². The molecule has 0 heterocycles. The lowest BCUT2D eigenvalue weighted by Gasteiger charge is -2.36. The van der Waals surface area contributed by atoms with E-state index in [2.05, 4.69) is 13.8 Å². The van der Waals surface area contributed by atoms with Crippen molar-refractivity contribution in [2.24, 2.45) is 5.73 Å². The summed E-state index contributed by atoms with van der Waals surface area (Å²) in [7, 11) is -1.39. The molecule has 5 heteroatoms. The number of nitrogens with two attached hydrogens (primary N) is 1. The lowest BCUT2D eigenvalue weighted by Crippen LogP contribution is -2.49. The number of hydrogen-bond acceptors (Lipinski definition) is 3. The summed E-state index contributed by atoms with van der Waals surface area (Å²) in [6.45, 7) is 9.07. The fourth-order valence-electron chi connectivity index (χ4n) is 2.30. The van der Waals surface area contributed by atoms with E-state index in [4.69, 9.17) is 15.8 Å². The van der Waals surface area contributed by atoms with E-state index in [0.717, 1.165) is 30.7 Å². The SMILES string of the molecule is CC[N+](CC)(CCN)Cc1ccc(B(O)O)cc1. The molecule has 0 atom stereocenters. The number of nitrogens with zero attached hydrogens (tertiary/aromatic N) is 1. The van der Waals surface area contributed by atoms with Crippen LogP contribution in [0, 0.1) is 0 Å². The molecule has 0 aliphatic heterocycles. The Labute approximate surface area is 110 Å². The predicted molar refractivity (Wildman–Crippen MR) is 75.2 cm³/mol. The highest BCUT2D eigenvalue weighted by molar-refractivity contribution is 6.58. The molecule has 0 spiro atoms. The molecule has 0 saturated carbocycles. The molecule has 0 bridgehead atoms. The van der Waals surface area contributed by atoms with Gasteiger partial charge in [-0.3, -0.25) is 0 Å². The van der Waals surface area contributed by atoms with Gasteiger partial charge in [0.1, 0.15) is 6.54 Å². The Morgan fingerprint density at radius 2 is 1.67 bits per heavy atom. The van der Waals surface area contributed by atoms with Crippen molar-refractivity contribution in [3.05, 3.63) is 29.8 Å². The van der Waals surface area contributed by atoms with E-state index >= 15 is 0 Å². The maximum atomic E-state index is 9.06.